The van der Waals surface area contributed by atoms with E-state index in [2.05, 4.69) is 13.0 Å². The number of hydrogen-bond donors (Lipinski definition) is 0. The van der Waals surface area contributed by atoms with Crippen molar-refractivity contribution < 1.29 is 4.39 Å². The fourth-order valence-corrected chi connectivity index (χ4v) is 3.97. The number of nitriles is 1. The molecule has 0 unspecified atom stereocenters. The minimum Gasteiger partial charge on any atom is -0.206 e. The van der Waals surface area contributed by atoms with Gasteiger partial charge in [0, 0.05) is 5.56 Å². The van der Waals surface area contributed by atoms with E-state index in [0.717, 1.165) is 29.4 Å². The minimum atomic E-state index is -0.170. The Kier molecular flexibility index (Phi) is 5.87. The first-order chi connectivity index (χ1) is 12.2. The van der Waals surface area contributed by atoms with Crippen LogP contribution in [0.25, 0.3) is 11.1 Å². The van der Waals surface area contributed by atoms with Crippen LogP contribution in [0.4, 0.5) is 4.39 Å². The van der Waals surface area contributed by atoms with Crippen LogP contribution in [0.15, 0.2) is 42.5 Å². The average Bonchev–Trinajstić information content (AvgIpc) is 2.67. The quantitative estimate of drug-likeness (QED) is 0.610. The molecule has 1 aliphatic rings. The van der Waals surface area contributed by atoms with E-state index in [1.807, 2.05) is 24.3 Å². The molecule has 0 spiro atoms. The monoisotopic (exact) mass is 335 g/mol. The fourth-order valence-electron chi connectivity index (χ4n) is 3.97. The van der Waals surface area contributed by atoms with Crippen LogP contribution in [0.3, 0.4) is 0 Å². The highest BCUT2D eigenvalue weighted by Crippen LogP contribution is 2.33. The third kappa shape index (κ3) is 4.48. The Morgan fingerprint density at radius 1 is 1.00 bits per heavy atom. The molecule has 0 radical (unpaired) electrons. The van der Waals surface area contributed by atoms with E-state index < -0.39 is 0 Å². The molecule has 1 saturated carbocycles. The van der Waals surface area contributed by atoms with Crippen molar-refractivity contribution in [3.8, 4) is 17.2 Å². The van der Waals surface area contributed by atoms with E-state index in [1.54, 1.807) is 18.2 Å². The maximum Gasteiger partial charge on any atom is 0.131 e. The Morgan fingerprint density at radius 3 is 2.28 bits per heavy atom. The summed E-state index contributed by atoms with van der Waals surface area (Å²) < 4.78 is 14.5. The van der Waals surface area contributed by atoms with Crippen molar-refractivity contribution in [1.82, 2.24) is 0 Å². The predicted octanol–water partition coefficient (Wildman–Crippen LogP) is 6.51. The number of aryl methyl sites for hydroxylation is 1. The molecule has 1 fully saturated rings. The molecule has 1 nitrogen and oxygen atoms in total. The van der Waals surface area contributed by atoms with Crippen LogP contribution in [0.1, 0.15) is 56.6 Å². The second kappa shape index (κ2) is 8.30. The zero-order valence-corrected chi connectivity index (χ0v) is 15.0. The Hall–Kier alpha value is -2.14. The molecule has 25 heavy (non-hydrogen) atoms. The summed E-state index contributed by atoms with van der Waals surface area (Å²) in [5.74, 6) is 1.57. The molecule has 2 aromatic rings. The lowest BCUT2D eigenvalue weighted by Crippen LogP contribution is -2.14. The molecule has 1 aliphatic carbocycles. The maximum absolute atomic E-state index is 14.5. The van der Waals surface area contributed by atoms with E-state index in [0.29, 0.717) is 11.1 Å². The number of rotatable bonds is 5. The molecule has 0 N–H and O–H groups in total. The molecular formula is C23H26FN. The summed E-state index contributed by atoms with van der Waals surface area (Å²) in [6.07, 6.45) is 8.86. The molecule has 3 rings (SSSR count). The first-order valence-electron chi connectivity index (χ1n) is 9.48. The Balaban J connectivity index is 1.61. The zero-order chi connectivity index (χ0) is 17.6. The molecule has 0 aliphatic heterocycles. The van der Waals surface area contributed by atoms with E-state index in [-0.39, 0.29) is 5.82 Å². The second-order valence-electron chi connectivity index (χ2n) is 7.34. The molecule has 0 heterocycles. The lowest BCUT2D eigenvalue weighted by atomic mass is 9.78. The smallest absolute Gasteiger partial charge is 0.131 e. The van der Waals surface area contributed by atoms with Crippen molar-refractivity contribution in [3.63, 3.8) is 0 Å². The van der Waals surface area contributed by atoms with Gasteiger partial charge in [0.15, 0.2) is 0 Å². The molecule has 0 atom stereocenters. The predicted molar refractivity (Wildman–Crippen MR) is 101 cm³/mol. The molecule has 0 aromatic heterocycles. The molecule has 0 saturated heterocycles. The lowest BCUT2D eigenvalue weighted by Gasteiger charge is -2.27. The lowest BCUT2D eigenvalue weighted by molar-refractivity contribution is 0.259. The summed E-state index contributed by atoms with van der Waals surface area (Å²) in [4.78, 5) is 0. The number of nitrogens with zero attached hydrogens (tertiary/aromatic N) is 1. The number of hydrogen-bond acceptors (Lipinski definition) is 1. The zero-order valence-electron chi connectivity index (χ0n) is 15.0. The molecular weight excluding hydrogens is 309 g/mol. The number of benzene rings is 2. The Labute approximate surface area is 150 Å². The van der Waals surface area contributed by atoms with E-state index >= 15 is 0 Å². The normalized spacial score (nSPS) is 20.2. The van der Waals surface area contributed by atoms with Gasteiger partial charge in [0.1, 0.15) is 5.82 Å². The average molecular weight is 335 g/mol. The Bertz CT molecular complexity index is 734. The summed E-state index contributed by atoms with van der Waals surface area (Å²) in [7, 11) is 0. The van der Waals surface area contributed by atoms with Gasteiger partial charge in [0.2, 0.25) is 0 Å². The van der Waals surface area contributed by atoms with Crippen LogP contribution in [-0.4, -0.2) is 0 Å². The molecule has 2 heteroatoms. The topological polar surface area (TPSA) is 23.8 Å². The van der Waals surface area contributed by atoms with Gasteiger partial charge in [-0.2, -0.15) is 5.26 Å². The van der Waals surface area contributed by atoms with Gasteiger partial charge in [-0.15, -0.1) is 0 Å². The van der Waals surface area contributed by atoms with Crippen molar-refractivity contribution in [3.05, 3.63) is 59.4 Å². The van der Waals surface area contributed by atoms with Gasteiger partial charge in [-0.05, 0) is 54.0 Å². The van der Waals surface area contributed by atoms with Crippen LogP contribution in [0, 0.1) is 29.0 Å². The van der Waals surface area contributed by atoms with Crippen LogP contribution in [0.5, 0.6) is 0 Å². The minimum absolute atomic E-state index is 0.170. The summed E-state index contributed by atoms with van der Waals surface area (Å²) in [5, 5.41) is 8.86. The van der Waals surface area contributed by atoms with Gasteiger partial charge in [-0.25, -0.2) is 4.39 Å². The van der Waals surface area contributed by atoms with Crippen LogP contribution >= 0.6 is 0 Å². The van der Waals surface area contributed by atoms with Crippen molar-refractivity contribution in [1.29, 1.82) is 5.26 Å². The third-order valence-corrected chi connectivity index (χ3v) is 5.74. The van der Waals surface area contributed by atoms with Crippen molar-refractivity contribution in [2.24, 2.45) is 11.8 Å². The van der Waals surface area contributed by atoms with Crippen molar-refractivity contribution in [2.75, 3.05) is 0 Å². The summed E-state index contributed by atoms with van der Waals surface area (Å²) in [6, 6.07) is 14.8. The summed E-state index contributed by atoms with van der Waals surface area (Å²) in [6.45, 7) is 2.29. The fraction of sp³-hybridized carbons (Fsp3) is 0.435. The van der Waals surface area contributed by atoms with E-state index in [9.17, 15) is 4.39 Å². The van der Waals surface area contributed by atoms with Crippen LogP contribution in [-0.2, 0) is 6.42 Å². The highest BCUT2D eigenvalue weighted by molar-refractivity contribution is 5.65. The Morgan fingerprint density at radius 2 is 1.68 bits per heavy atom. The maximum atomic E-state index is 14.5. The molecule has 2 aromatic carbocycles. The van der Waals surface area contributed by atoms with Crippen LogP contribution in [0.2, 0.25) is 0 Å². The van der Waals surface area contributed by atoms with Gasteiger partial charge < -0.3 is 0 Å². The first kappa shape index (κ1) is 17.7. The molecule has 0 bridgehead atoms. The first-order valence-corrected chi connectivity index (χ1v) is 9.48. The van der Waals surface area contributed by atoms with Gasteiger partial charge in [-0.1, -0.05) is 63.3 Å². The van der Waals surface area contributed by atoms with Gasteiger partial charge in [-0.3, -0.25) is 0 Å². The number of halogens is 1. The SMILES string of the molecule is CC[C@H]1CC[C@H](CCc2ccc(-c3ccc(C#N)cc3)c(F)c2)CC1. The molecule has 0 amide bonds. The van der Waals surface area contributed by atoms with Gasteiger partial charge >= 0.3 is 0 Å². The van der Waals surface area contributed by atoms with Gasteiger partial charge in [0.05, 0.1) is 11.6 Å². The van der Waals surface area contributed by atoms with Crippen molar-refractivity contribution in [2.45, 2.75) is 51.9 Å². The highest BCUT2D eigenvalue weighted by atomic mass is 19.1. The summed E-state index contributed by atoms with van der Waals surface area (Å²) in [5.41, 5.74) is 3.11. The van der Waals surface area contributed by atoms with E-state index in [1.165, 1.54) is 38.5 Å². The standard InChI is InChI=1S/C23H26FN/c1-2-17-3-5-18(6-4-17)7-8-19-11-14-22(23(24)15-19)21-12-9-20(16-25)10-13-21/h9-15,17-18H,2-8H2,1H3/t17-,18-. The van der Waals surface area contributed by atoms with Gasteiger partial charge in [0.25, 0.3) is 0 Å². The third-order valence-electron chi connectivity index (χ3n) is 5.74. The van der Waals surface area contributed by atoms with E-state index in [4.69, 9.17) is 5.26 Å². The van der Waals surface area contributed by atoms with Crippen LogP contribution < -0.4 is 0 Å². The highest BCUT2D eigenvalue weighted by Gasteiger charge is 2.19. The molecule has 130 valence electrons. The van der Waals surface area contributed by atoms with Crippen molar-refractivity contribution >= 4 is 0 Å². The second-order valence-corrected chi connectivity index (χ2v) is 7.34. The summed E-state index contributed by atoms with van der Waals surface area (Å²) >= 11 is 0. The largest absolute Gasteiger partial charge is 0.206 e.